The monoisotopic (exact) mass is 618 g/mol. The molecule has 0 unspecified atom stereocenters. The number of carbonyl (C=O) groups excluding carboxylic acids is 1. The lowest BCUT2D eigenvalue weighted by molar-refractivity contribution is -0.358. The van der Waals surface area contributed by atoms with Crippen LogP contribution >= 0.6 is 0 Å². The number of ether oxygens (including phenoxy) is 7. The first kappa shape index (κ1) is 36.6. The van der Waals surface area contributed by atoms with Crippen molar-refractivity contribution in [3.63, 3.8) is 0 Å². The Balaban J connectivity index is 1.61. The number of aliphatic hydroxyl groups is 3. The molecule has 0 amide bonds. The van der Waals surface area contributed by atoms with Crippen molar-refractivity contribution in [2.75, 3.05) is 7.11 Å². The van der Waals surface area contributed by atoms with E-state index in [1.807, 2.05) is 20.8 Å². The minimum atomic E-state index is -1.46. The van der Waals surface area contributed by atoms with E-state index < -0.39 is 61.1 Å². The van der Waals surface area contributed by atoms with Gasteiger partial charge in [0.1, 0.15) is 36.6 Å². The summed E-state index contributed by atoms with van der Waals surface area (Å²) in [4.78, 5) is 11.3. The summed E-state index contributed by atoms with van der Waals surface area (Å²) in [6, 6.07) is 0. The van der Waals surface area contributed by atoms with Crippen LogP contribution in [0.2, 0.25) is 0 Å². The molecule has 0 aromatic rings. The number of hydrogen-bond donors (Lipinski definition) is 3. The molecule has 3 N–H and O–H groups in total. The fourth-order valence-electron chi connectivity index (χ4n) is 6.21. The molecule has 3 saturated heterocycles. The van der Waals surface area contributed by atoms with Crippen molar-refractivity contribution in [1.82, 2.24) is 0 Å². The van der Waals surface area contributed by atoms with Gasteiger partial charge in [0.2, 0.25) is 0 Å². The summed E-state index contributed by atoms with van der Waals surface area (Å²) in [5, 5.41) is 31.3. The average molecular weight is 619 g/mol. The van der Waals surface area contributed by atoms with Crippen LogP contribution in [-0.4, -0.2) is 102 Å². The Bertz CT molecular complexity index is 810. The van der Waals surface area contributed by atoms with Gasteiger partial charge in [0.25, 0.3) is 0 Å². The fourth-order valence-corrected chi connectivity index (χ4v) is 6.21. The van der Waals surface area contributed by atoms with Crippen molar-refractivity contribution in [2.45, 2.75) is 191 Å². The number of unbranched alkanes of at least 4 members (excludes halogenated alkanes) is 8. The summed E-state index contributed by atoms with van der Waals surface area (Å²) in [6.45, 7) is 9.41. The lowest BCUT2D eigenvalue weighted by Crippen LogP contribution is -2.63. The normalized spacial score (nSPS) is 36.3. The zero-order chi connectivity index (χ0) is 31.6. The number of carbonyl (C=O) groups is 1. The quantitative estimate of drug-likeness (QED) is 0.151. The minimum Gasteiger partial charge on any atom is -0.469 e. The Morgan fingerprint density at radius 1 is 0.767 bits per heavy atom. The van der Waals surface area contributed by atoms with E-state index in [1.165, 1.54) is 7.11 Å². The average Bonchev–Trinajstić information content (AvgIpc) is 3.30. The Morgan fingerprint density at radius 2 is 1.35 bits per heavy atom. The first-order chi connectivity index (χ1) is 20.5. The predicted molar refractivity (Wildman–Crippen MR) is 158 cm³/mol. The molecule has 0 aromatic carbocycles. The molecule has 0 saturated carbocycles. The van der Waals surface area contributed by atoms with E-state index in [4.69, 9.17) is 33.2 Å². The Hall–Kier alpha value is -0.890. The van der Waals surface area contributed by atoms with Gasteiger partial charge in [-0.1, -0.05) is 64.7 Å². The van der Waals surface area contributed by atoms with Crippen LogP contribution in [0, 0.1) is 0 Å². The van der Waals surface area contributed by atoms with Crippen LogP contribution in [0.3, 0.4) is 0 Å². The molecule has 0 radical (unpaired) electrons. The highest BCUT2D eigenvalue weighted by atomic mass is 16.8. The topological polar surface area (TPSA) is 142 Å². The van der Waals surface area contributed by atoms with Crippen LogP contribution in [0.5, 0.6) is 0 Å². The van der Waals surface area contributed by atoms with Crippen molar-refractivity contribution in [1.29, 1.82) is 0 Å². The maximum Gasteiger partial charge on any atom is 0.305 e. The van der Waals surface area contributed by atoms with Gasteiger partial charge in [-0.2, -0.15) is 0 Å². The van der Waals surface area contributed by atoms with Gasteiger partial charge in [-0.05, 0) is 47.0 Å². The number of hydrogen-bond acceptors (Lipinski definition) is 11. The third kappa shape index (κ3) is 10.9. The second kappa shape index (κ2) is 17.7. The zero-order valence-electron chi connectivity index (χ0n) is 27.2. The molecule has 11 atom stereocenters. The summed E-state index contributed by atoms with van der Waals surface area (Å²) in [5.74, 6) is -1.00. The summed E-state index contributed by atoms with van der Waals surface area (Å²) in [5.41, 5.74) is 0. The lowest BCUT2D eigenvalue weighted by atomic mass is 9.97. The molecule has 3 aliphatic heterocycles. The van der Waals surface area contributed by atoms with Gasteiger partial charge in [-0.25, -0.2) is 0 Å². The van der Waals surface area contributed by atoms with Crippen molar-refractivity contribution >= 4 is 5.97 Å². The van der Waals surface area contributed by atoms with Crippen LogP contribution in [0.1, 0.15) is 118 Å². The standard InChI is InChI=1S/C32H58O11/c1-7-8-14-17-22(18-15-12-10-9-11-13-16-19-23(33)37-6)40-31-29(28-27(21(3)39-31)42-32(4,5)43-28)41-30-26(36)25(35)24(34)20(2)38-30/h20-22,24-31,34-36H,7-19H2,1-6H3/t20-,21+,22-,24-,25+,26+,27-,28-,29+,30-,31-/m0/s1. The molecule has 43 heavy (non-hydrogen) atoms. The number of rotatable bonds is 18. The third-order valence-electron chi connectivity index (χ3n) is 8.76. The molecule has 3 heterocycles. The summed E-state index contributed by atoms with van der Waals surface area (Å²) < 4.78 is 42.3. The SMILES string of the molecule is CCCCC[C@@H](CCCCCCCCCC(=O)OC)O[C@@H]1O[C@H](C)[C@@H]2OC(C)(C)O[C@@H]2[C@H]1O[C@@H]1O[C@@H](C)[C@H](O)[C@@H](O)[C@H]1O. The van der Waals surface area contributed by atoms with Crippen LogP contribution < -0.4 is 0 Å². The van der Waals surface area contributed by atoms with Gasteiger partial charge < -0.3 is 48.5 Å². The van der Waals surface area contributed by atoms with Crippen molar-refractivity contribution in [3.05, 3.63) is 0 Å². The summed E-state index contributed by atoms with van der Waals surface area (Å²) in [7, 11) is 1.43. The fraction of sp³-hybridized carbons (Fsp3) is 0.969. The van der Waals surface area contributed by atoms with Crippen LogP contribution in [0.25, 0.3) is 0 Å². The summed E-state index contributed by atoms with van der Waals surface area (Å²) >= 11 is 0. The molecular weight excluding hydrogens is 560 g/mol. The second-order valence-electron chi connectivity index (χ2n) is 12.9. The highest BCUT2D eigenvalue weighted by molar-refractivity contribution is 5.68. The smallest absolute Gasteiger partial charge is 0.305 e. The largest absolute Gasteiger partial charge is 0.469 e. The number of fused-ring (bicyclic) bond motifs is 1. The Kier molecular flexibility index (Phi) is 15.1. The Labute approximate surface area is 257 Å². The van der Waals surface area contributed by atoms with Gasteiger partial charge in [0, 0.05) is 6.42 Å². The van der Waals surface area contributed by atoms with Crippen LogP contribution in [0.15, 0.2) is 0 Å². The van der Waals surface area contributed by atoms with Gasteiger partial charge in [-0.3, -0.25) is 4.79 Å². The molecule has 3 rings (SSSR count). The highest BCUT2D eigenvalue weighted by Crippen LogP contribution is 2.40. The molecule has 0 aliphatic carbocycles. The van der Waals surface area contributed by atoms with Gasteiger partial charge in [0.15, 0.2) is 18.4 Å². The molecule has 3 aliphatic rings. The van der Waals surface area contributed by atoms with Crippen molar-refractivity contribution < 1.29 is 53.3 Å². The van der Waals surface area contributed by atoms with Crippen LogP contribution in [0.4, 0.5) is 0 Å². The number of aliphatic hydroxyl groups excluding tert-OH is 3. The van der Waals surface area contributed by atoms with Gasteiger partial charge in [0.05, 0.1) is 25.4 Å². The second-order valence-corrected chi connectivity index (χ2v) is 12.9. The van der Waals surface area contributed by atoms with E-state index in [1.54, 1.807) is 6.92 Å². The Morgan fingerprint density at radius 3 is 2.00 bits per heavy atom. The molecule has 0 spiro atoms. The van der Waals surface area contributed by atoms with E-state index in [0.717, 1.165) is 77.0 Å². The predicted octanol–water partition coefficient (Wildman–Crippen LogP) is 4.11. The van der Waals surface area contributed by atoms with E-state index in [9.17, 15) is 20.1 Å². The lowest BCUT2D eigenvalue weighted by Gasteiger charge is -2.46. The van der Waals surface area contributed by atoms with E-state index in [0.29, 0.717) is 6.42 Å². The van der Waals surface area contributed by atoms with Crippen LogP contribution in [-0.2, 0) is 38.0 Å². The molecular formula is C32H58O11. The maximum absolute atomic E-state index is 11.3. The van der Waals surface area contributed by atoms with Crippen molar-refractivity contribution in [3.8, 4) is 0 Å². The highest BCUT2D eigenvalue weighted by Gasteiger charge is 2.57. The molecule has 0 aromatic heterocycles. The first-order valence-electron chi connectivity index (χ1n) is 16.6. The van der Waals surface area contributed by atoms with Gasteiger partial charge >= 0.3 is 5.97 Å². The third-order valence-corrected chi connectivity index (χ3v) is 8.76. The maximum atomic E-state index is 11.3. The molecule has 11 heteroatoms. The van der Waals surface area contributed by atoms with E-state index >= 15 is 0 Å². The van der Waals surface area contributed by atoms with Gasteiger partial charge in [-0.15, -0.1) is 0 Å². The van der Waals surface area contributed by atoms with E-state index in [-0.39, 0.29) is 18.2 Å². The number of esters is 1. The first-order valence-corrected chi connectivity index (χ1v) is 16.6. The van der Waals surface area contributed by atoms with Crippen molar-refractivity contribution in [2.24, 2.45) is 0 Å². The molecule has 3 fully saturated rings. The van der Waals surface area contributed by atoms with E-state index in [2.05, 4.69) is 6.92 Å². The number of methoxy groups -OCH3 is 1. The molecule has 252 valence electrons. The minimum absolute atomic E-state index is 0.0506. The molecule has 11 nitrogen and oxygen atoms in total. The summed E-state index contributed by atoms with van der Waals surface area (Å²) in [6.07, 6.45) is 3.96. The zero-order valence-corrected chi connectivity index (χ0v) is 27.2. The molecule has 0 bridgehead atoms.